The highest BCUT2D eigenvalue weighted by atomic mass is 16.3. The molecule has 0 aliphatic rings. The fraction of sp³-hybridized carbons (Fsp3) is 0.588. The van der Waals surface area contributed by atoms with Crippen molar-refractivity contribution in [3.05, 3.63) is 29.8 Å². The molecule has 0 bridgehead atoms. The van der Waals surface area contributed by atoms with Gasteiger partial charge in [-0.3, -0.25) is 4.79 Å². The van der Waals surface area contributed by atoms with Crippen molar-refractivity contribution in [2.75, 3.05) is 24.6 Å². The summed E-state index contributed by atoms with van der Waals surface area (Å²) in [6.07, 6.45) is 1.35. The van der Waals surface area contributed by atoms with Crippen LogP contribution in [0, 0.1) is 0 Å². The molecular weight excluding hydrogens is 264 g/mol. The van der Waals surface area contributed by atoms with Crippen LogP contribution in [0.1, 0.15) is 50.9 Å². The van der Waals surface area contributed by atoms with E-state index in [0.29, 0.717) is 12.0 Å². The maximum atomic E-state index is 12.3. The summed E-state index contributed by atoms with van der Waals surface area (Å²) >= 11 is 0. The van der Waals surface area contributed by atoms with Crippen molar-refractivity contribution in [3.8, 4) is 0 Å². The predicted molar refractivity (Wildman–Crippen MR) is 87.9 cm³/mol. The Kier molecular flexibility index (Phi) is 6.69. The highest BCUT2D eigenvalue weighted by Crippen LogP contribution is 2.18. The van der Waals surface area contributed by atoms with Crippen molar-refractivity contribution >= 4 is 11.6 Å². The first-order valence-corrected chi connectivity index (χ1v) is 7.78. The Morgan fingerprint density at radius 1 is 1.19 bits per heavy atom. The molecule has 1 rings (SSSR count). The van der Waals surface area contributed by atoms with Crippen LogP contribution in [0.3, 0.4) is 0 Å². The van der Waals surface area contributed by atoms with Crippen LogP contribution < -0.4 is 10.2 Å². The Bertz CT molecular complexity index is 441. The van der Waals surface area contributed by atoms with E-state index >= 15 is 0 Å². The van der Waals surface area contributed by atoms with Crippen molar-refractivity contribution in [2.24, 2.45) is 0 Å². The fourth-order valence-corrected chi connectivity index (χ4v) is 2.33. The van der Waals surface area contributed by atoms with Crippen molar-refractivity contribution in [2.45, 2.75) is 46.1 Å². The van der Waals surface area contributed by atoms with Gasteiger partial charge in [-0.15, -0.1) is 0 Å². The van der Waals surface area contributed by atoms with Gasteiger partial charge < -0.3 is 15.3 Å². The maximum Gasteiger partial charge on any atom is 0.251 e. The highest BCUT2D eigenvalue weighted by Gasteiger charge is 2.24. The van der Waals surface area contributed by atoms with Crippen LogP contribution >= 0.6 is 0 Å². The van der Waals surface area contributed by atoms with E-state index in [1.54, 1.807) is 0 Å². The zero-order valence-electron chi connectivity index (χ0n) is 13.6. The molecule has 118 valence electrons. The van der Waals surface area contributed by atoms with E-state index < -0.39 is 0 Å². The number of benzene rings is 1. The second-order valence-corrected chi connectivity index (χ2v) is 5.56. The lowest BCUT2D eigenvalue weighted by Crippen LogP contribution is -2.46. The summed E-state index contributed by atoms with van der Waals surface area (Å²) in [6, 6.07) is 7.69. The van der Waals surface area contributed by atoms with Gasteiger partial charge in [0.15, 0.2) is 0 Å². The van der Waals surface area contributed by atoms with E-state index in [1.807, 2.05) is 38.1 Å². The summed E-state index contributed by atoms with van der Waals surface area (Å²) in [5.74, 6) is -0.0844. The summed E-state index contributed by atoms with van der Waals surface area (Å²) < 4.78 is 0. The lowest BCUT2D eigenvalue weighted by Gasteiger charge is -2.29. The number of aliphatic hydroxyl groups is 1. The Balaban J connectivity index is 2.79. The summed E-state index contributed by atoms with van der Waals surface area (Å²) in [6.45, 7) is 10.2. The molecule has 1 aromatic rings. The molecule has 0 aromatic heterocycles. The third-order valence-electron chi connectivity index (χ3n) is 4.12. The quantitative estimate of drug-likeness (QED) is 0.774. The molecular formula is C17H28N2O2. The molecule has 4 heteroatoms. The standard InChI is InChI=1S/C17H28N2O2/c1-5-17(4,12-13-20)18-16(21)14-8-10-15(11-9-14)19(6-2)7-3/h8-11,20H,5-7,12-13H2,1-4H3,(H,18,21). The van der Waals surface area contributed by atoms with Crippen molar-refractivity contribution in [1.82, 2.24) is 5.32 Å². The fourth-order valence-electron chi connectivity index (χ4n) is 2.33. The molecule has 0 saturated carbocycles. The molecule has 0 radical (unpaired) electrons. The number of amides is 1. The van der Waals surface area contributed by atoms with Gasteiger partial charge >= 0.3 is 0 Å². The number of hydrogen-bond acceptors (Lipinski definition) is 3. The third-order valence-corrected chi connectivity index (χ3v) is 4.12. The van der Waals surface area contributed by atoms with Gasteiger partial charge in [0.25, 0.3) is 5.91 Å². The van der Waals surface area contributed by atoms with Crippen LogP contribution in [0.5, 0.6) is 0 Å². The summed E-state index contributed by atoms with van der Waals surface area (Å²) in [5.41, 5.74) is 1.43. The van der Waals surface area contributed by atoms with Crippen LogP contribution in [0.15, 0.2) is 24.3 Å². The van der Waals surface area contributed by atoms with Crippen molar-refractivity contribution in [3.63, 3.8) is 0 Å². The Hall–Kier alpha value is -1.55. The van der Waals surface area contributed by atoms with Crippen molar-refractivity contribution in [1.29, 1.82) is 0 Å². The van der Waals surface area contributed by atoms with Gasteiger partial charge in [-0.25, -0.2) is 0 Å². The van der Waals surface area contributed by atoms with E-state index in [-0.39, 0.29) is 18.1 Å². The SMILES string of the molecule is CCN(CC)c1ccc(C(=O)NC(C)(CC)CCO)cc1. The van der Waals surface area contributed by atoms with E-state index in [4.69, 9.17) is 5.11 Å². The first kappa shape index (κ1) is 17.5. The number of rotatable bonds is 8. The molecule has 0 spiro atoms. The lowest BCUT2D eigenvalue weighted by atomic mass is 9.94. The second-order valence-electron chi connectivity index (χ2n) is 5.56. The molecule has 0 aliphatic heterocycles. The molecule has 1 amide bonds. The van der Waals surface area contributed by atoms with Crippen LogP contribution in [0.25, 0.3) is 0 Å². The Morgan fingerprint density at radius 2 is 1.76 bits per heavy atom. The van der Waals surface area contributed by atoms with Gasteiger partial charge in [-0.1, -0.05) is 6.92 Å². The molecule has 1 aromatic carbocycles. The number of nitrogens with one attached hydrogen (secondary N) is 1. The Labute approximate surface area is 128 Å². The molecule has 2 N–H and O–H groups in total. The average Bonchev–Trinajstić information content (AvgIpc) is 2.49. The summed E-state index contributed by atoms with van der Waals surface area (Å²) in [7, 11) is 0. The lowest BCUT2D eigenvalue weighted by molar-refractivity contribution is 0.0886. The van der Waals surface area contributed by atoms with Crippen LogP contribution in [-0.2, 0) is 0 Å². The zero-order chi connectivity index (χ0) is 15.9. The first-order valence-electron chi connectivity index (χ1n) is 7.78. The number of carbonyl (C=O) groups excluding carboxylic acids is 1. The number of anilines is 1. The van der Waals surface area contributed by atoms with E-state index in [9.17, 15) is 4.79 Å². The van der Waals surface area contributed by atoms with Crippen LogP contribution in [-0.4, -0.2) is 36.2 Å². The first-order chi connectivity index (χ1) is 9.99. The van der Waals surface area contributed by atoms with Crippen LogP contribution in [0.4, 0.5) is 5.69 Å². The van der Waals surface area contributed by atoms with Gasteiger partial charge in [-0.2, -0.15) is 0 Å². The van der Waals surface area contributed by atoms with Gasteiger partial charge in [0.1, 0.15) is 0 Å². The molecule has 21 heavy (non-hydrogen) atoms. The molecule has 0 heterocycles. The minimum Gasteiger partial charge on any atom is -0.396 e. The average molecular weight is 292 g/mol. The molecule has 0 fully saturated rings. The largest absolute Gasteiger partial charge is 0.396 e. The van der Waals surface area contributed by atoms with Gasteiger partial charge in [0, 0.05) is 36.5 Å². The second kappa shape index (κ2) is 8.03. The van der Waals surface area contributed by atoms with E-state index in [0.717, 1.165) is 25.2 Å². The topological polar surface area (TPSA) is 52.6 Å². The smallest absolute Gasteiger partial charge is 0.251 e. The molecule has 0 aliphatic carbocycles. The summed E-state index contributed by atoms with van der Waals surface area (Å²) in [5, 5.41) is 12.1. The number of carbonyl (C=O) groups is 1. The maximum absolute atomic E-state index is 12.3. The zero-order valence-corrected chi connectivity index (χ0v) is 13.6. The van der Waals surface area contributed by atoms with Gasteiger partial charge in [0.05, 0.1) is 0 Å². The molecule has 1 unspecified atom stereocenters. The minimum absolute atomic E-state index is 0.0749. The monoisotopic (exact) mass is 292 g/mol. The van der Waals surface area contributed by atoms with E-state index in [2.05, 4.69) is 24.1 Å². The number of aliphatic hydroxyl groups excluding tert-OH is 1. The number of hydrogen-bond donors (Lipinski definition) is 2. The summed E-state index contributed by atoms with van der Waals surface area (Å²) in [4.78, 5) is 14.5. The highest BCUT2D eigenvalue weighted by molar-refractivity contribution is 5.95. The van der Waals surface area contributed by atoms with Crippen LogP contribution in [0.2, 0.25) is 0 Å². The van der Waals surface area contributed by atoms with E-state index in [1.165, 1.54) is 0 Å². The Morgan fingerprint density at radius 3 is 2.19 bits per heavy atom. The van der Waals surface area contributed by atoms with Gasteiger partial charge in [0.2, 0.25) is 0 Å². The normalized spacial score (nSPS) is 13.6. The molecule has 4 nitrogen and oxygen atoms in total. The molecule has 1 atom stereocenters. The third kappa shape index (κ3) is 4.74. The molecule has 0 saturated heterocycles. The predicted octanol–water partition coefficient (Wildman–Crippen LogP) is 2.81. The minimum atomic E-state index is -0.358. The van der Waals surface area contributed by atoms with Crippen molar-refractivity contribution < 1.29 is 9.90 Å². The van der Waals surface area contributed by atoms with Gasteiger partial charge in [-0.05, 0) is 57.9 Å². The number of nitrogens with zero attached hydrogens (tertiary/aromatic N) is 1.